The molecule has 0 fully saturated rings. The van der Waals surface area contributed by atoms with Crippen molar-refractivity contribution in [3.05, 3.63) is 46.6 Å². The van der Waals surface area contributed by atoms with E-state index in [0.29, 0.717) is 16.4 Å². The first kappa shape index (κ1) is 13.1. The quantitative estimate of drug-likeness (QED) is 0.932. The van der Waals surface area contributed by atoms with Gasteiger partial charge in [0.25, 0.3) is 0 Å². The Balaban J connectivity index is 2.07. The molecular weight excluding hydrogens is 264 g/mol. The molecule has 19 heavy (non-hydrogen) atoms. The molecule has 0 aliphatic heterocycles. The summed E-state index contributed by atoms with van der Waals surface area (Å²) >= 11 is 5.78. The average molecular weight is 275 g/mol. The lowest BCUT2D eigenvalue weighted by atomic mass is 10.1. The van der Waals surface area contributed by atoms with E-state index in [0.717, 1.165) is 5.56 Å². The smallest absolute Gasteiger partial charge is 0.229 e. The van der Waals surface area contributed by atoms with Crippen LogP contribution >= 0.6 is 11.6 Å². The van der Waals surface area contributed by atoms with E-state index in [1.165, 1.54) is 10.9 Å². The fourth-order valence-corrected chi connectivity index (χ4v) is 1.76. The number of benzene rings is 1. The van der Waals surface area contributed by atoms with Gasteiger partial charge in [-0.05, 0) is 17.7 Å². The fraction of sp³-hybridized carbons (Fsp3) is 0.154. The van der Waals surface area contributed by atoms with E-state index in [2.05, 4.69) is 10.4 Å². The number of anilines is 1. The first-order valence-corrected chi connectivity index (χ1v) is 5.94. The molecule has 1 aromatic carbocycles. The Hall–Kier alpha value is -2.32. The van der Waals surface area contributed by atoms with Crippen molar-refractivity contribution < 1.29 is 4.79 Å². The number of nitrogens with zero attached hydrogens (tertiary/aromatic N) is 3. The third kappa shape index (κ3) is 3.12. The first-order chi connectivity index (χ1) is 9.10. The summed E-state index contributed by atoms with van der Waals surface area (Å²) in [5, 5.41) is 16.1. The molecule has 1 aromatic heterocycles. The number of hydrogen-bond acceptors (Lipinski definition) is 3. The average Bonchev–Trinajstić information content (AvgIpc) is 2.73. The van der Waals surface area contributed by atoms with Crippen LogP contribution in [0.15, 0.2) is 30.5 Å². The van der Waals surface area contributed by atoms with Crippen LogP contribution in [0, 0.1) is 11.3 Å². The molecule has 1 heterocycles. The maximum Gasteiger partial charge on any atom is 0.229 e. The number of aromatic nitrogens is 2. The Morgan fingerprint density at radius 1 is 1.47 bits per heavy atom. The predicted molar refractivity (Wildman–Crippen MR) is 71.7 cm³/mol. The van der Waals surface area contributed by atoms with Crippen molar-refractivity contribution in [1.29, 1.82) is 5.26 Å². The van der Waals surface area contributed by atoms with E-state index in [9.17, 15) is 4.79 Å². The van der Waals surface area contributed by atoms with Gasteiger partial charge in [-0.1, -0.05) is 23.7 Å². The number of aryl methyl sites for hydroxylation is 1. The van der Waals surface area contributed by atoms with Gasteiger partial charge in [0.2, 0.25) is 5.91 Å². The Morgan fingerprint density at radius 2 is 2.16 bits per heavy atom. The topological polar surface area (TPSA) is 70.7 Å². The van der Waals surface area contributed by atoms with Gasteiger partial charge in [-0.2, -0.15) is 10.4 Å². The molecule has 0 unspecified atom stereocenters. The summed E-state index contributed by atoms with van der Waals surface area (Å²) < 4.78 is 1.46. The Kier molecular flexibility index (Phi) is 3.83. The van der Waals surface area contributed by atoms with E-state index in [4.69, 9.17) is 16.9 Å². The highest BCUT2D eigenvalue weighted by molar-refractivity contribution is 6.30. The van der Waals surface area contributed by atoms with Gasteiger partial charge in [-0.3, -0.25) is 9.48 Å². The lowest BCUT2D eigenvalue weighted by Gasteiger charge is -2.06. The van der Waals surface area contributed by atoms with Crippen molar-refractivity contribution in [2.24, 2.45) is 7.05 Å². The van der Waals surface area contributed by atoms with Crippen LogP contribution in [-0.4, -0.2) is 15.7 Å². The standard InChI is InChI=1S/C13H11ClN4O/c1-18-13(10(7-15)8-16-18)17-12(19)6-9-2-4-11(14)5-3-9/h2-5,8H,6H2,1H3,(H,17,19). The SMILES string of the molecule is Cn1ncc(C#N)c1NC(=O)Cc1ccc(Cl)cc1. The third-order valence-corrected chi connectivity index (χ3v) is 2.85. The minimum absolute atomic E-state index is 0.206. The molecule has 0 aliphatic carbocycles. The van der Waals surface area contributed by atoms with Crippen LogP contribution in [-0.2, 0) is 18.3 Å². The van der Waals surface area contributed by atoms with Gasteiger partial charge in [0.1, 0.15) is 17.5 Å². The summed E-state index contributed by atoms with van der Waals surface area (Å²) in [6.45, 7) is 0. The lowest BCUT2D eigenvalue weighted by Crippen LogP contribution is -2.17. The van der Waals surface area contributed by atoms with Crippen LogP contribution in [0.1, 0.15) is 11.1 Å². The van der Waals surface area contributed by atoms with Crippen LogP contribution in [0.25, 0.3) is 0 Å². The summed E-state index contributed by atoms with van der Waals surface area (Å²) in [4.78, 5) is 11.9. The maximum atomic E-state index is 11.9. The van der Waals surface area contributed by atoms with Gasteiger partial charge in [0, 0.05) is 12.1 Å². The highest BCUT2D eigenvalue weighted by atomic mass is 35.5. The zero-order chi connectivity index (χ0) is 13.8. The number of nitrogens with one attached hydrogen (secondary N) is 1. The number of rotatable bonds is 3. The number of nitriles is 1. The zero-order valence-corrected chi connectivity index (χ0v) is 11.0. The fourth-order valence-electron chi connectivity index (χ4n) is 1.63. The summed E-state index contributed by atoms with van der Waals surface area (Å²) in [7, 11) is 1.67. The van der Waals surface area contributed by atoms with Crippen molar-refractivity contribution in [2.45, 2.75) is 6.42 Å². The normalized spacial score (nSPS) is 9.95. The van der Waals surface area contributed by atoms with Gasteiger partial charge in [-0.25, -0.2) is 0 Å². The Bertz CT molecular complexity index is 640. The van der Waals surface area contributed by atoms with Crippen molar-refractivity contribution in [3.63, 3.8) is 0 Å². The van der Waals surface area contributed by atoms with Crippen molar-refractivity contribution in [1.82, 2.24) is 9.78 Å². The molecular formula is C13H11ClN4O. The van der Waals surface area contributed by atoms with Gasteiger partial charge in [0.15, 0.2) is 0 Å². The van der Waals surface area contributed by atoms with E-state index >= 15 is 0 Å². The van der Waals surface area contributed by atoms with Gasteiger partial charge < -0.3 is 5.32 Å². The summed E-state index contributed by atoms with van der Waals surface area (Å²) in [5.41, 5.74) is 1.19. The molecule has 0 saturated heterocycles. The molecule has 0 radical (unpaired) electrons. The van der Waals surface area contributed by atoms with E-state index in [-0.39, 0.29) is 12.3 Å². The third-order valence-electron chi connectivity index (χ3n) is 2.59. The van der Waals surface area contributed by atoms with Gasteiger partial charge in [-0.15, -0.1) is 0 Å². The Morgan fingerprint density at radius 3 is 2.79 bits per heavy atom. The van der Waals surface area contributed by atoms with Crippen LogP contribution < -0.4 is 5.32 Å². The molecule has 0 spiro atoms. The van der Waals surface area contributed by atoms with Gasteiger partial charge >= 0.3 is 0 Å². The minimum Gasteiger partial charge on any atom is -0.310 e. The molecule has 0 aliphatic rings. The lowest BCUT2D eigenvalue weighted by molar-refractivity contribution is -0.115. The number of amides is 1. The van der Waals surface area contributed by atoms with Crippen LogP contribution in [0.5, 0.6) is 0 Å². The van der Waals surface area contributed by atoms with Crippen LogP contribution in [0.3, 0.4) is 0 Å². The second-order valence-corrected chi connectivity index (χ2v) is 4.43. The van der Waals surface area contributed by atoms with E-state index < -0.39 is 0 Å². The number of halogens is 1. The molecule has 1 N–H and O–H groups in total. The second-order valence-electron chi connectivity index (χ2n) is 3.99. The molecule has 1 amide bonds. The van der Waals surface area contributed by atoms with Crippen molar-refractivity contribution in [3.8, 4) is 6.07 Å². The summed E-state index contributed by atoms with van der Waals surface area (Å²) in [6, 6.07) is 9.02. The van der Waals surface area contributed by atoms with Crippen LogP contribution in [0.4, 0.5) is 5.82 Å². The summed E-state index contributed by atoms with van der Waals surface area (Å²) in [5.74, 6) is 0.198. The van der Waals surface area contributed by atoms with Crippen molar-refractivity contribution in [2.75, 3.05) is 5.32 Å². The predicted octanol–water partition coefficient (Wildman–Crippen LogP) is 2.13. The van der Waals surface area contributed by atoms with Gasteiger partial charge in [0.05, 0.1) is 12.6 Å². The largest absolute Gasteiger partial charge is 0.310 e. The molecule has 2 aromatic rings. The van der Waals surface area contributed by atoms with E-state index in [1.54, 1.807) is 31.3 Å². The molecule has 2 rings (SSSR count). The molecule has 5 nitrogen and oxygen atoms in total. The monoisotopic (exact) mass is 274 g/mol. The molecule has 0 atom stereocenters. The number of hydrogen-bond donors (Lipinski definition) is 1. The minimum atomic E-state index is -0.206. The van der Waals surface area contributed by atoms with Crippen molar-refractivity contribution >= 4 is 23.3 Å². The molecule has 96 valence electrons. The molecule has 6 heteroatoms. The zero-order valence-electron chi connectivity index (χ0n) is 10.2. The molecule has 0 bridgehead atoms. The number of carbonyl (C=O) groups excluding carboxylic acids is 1. The molecule has 0 saturated carbocycles. The second kappa shape index (κ2) is 5.55. The highest BCUT2D eigenvalue weighted by Crippen LogP contribution is 2.14. The van der Waals surface area contributed by atoms with Crippen LogP contribution in [0.2, 0.25) is 5.02 Å². The first-order valence-electron chi connectivity index (χ1n) is 5.56. The Labute approximate surface area is 115 Å². The highest BCUT2D eigenvalue weighted by Gasteiger charge is 2.11. The van der Waals surface area contributed by atoms with E-state index in [1.807, 2.05) is 6.07 Å². The maximum absolute atomic E-state index is 11.9. The summed E-state index contributed by atoms with van der Waals surface area (Å²) in [6.07, 6.45) is 1.63. The number of carbonyl (C=O) groups is 1.